The van der Waals surface area contributed by atoms with Crippen LogP contribution in [0.15, 0.2) is 47.4 Å². The van der Waals surface area contributed by atoms with Gasteiger partial charge in [-0.2, -0.15) is 5.26 Å². The van der Waals surface area contributed by atoms with E-state index in [0.717, 1.165) is 4.90 Å². The van der Waals surface area contributed by atoms with E-state index in [2.05, 4.69) is 5.32 Å². The van der Waals surface area contributed by atoms with Crippen LogP contribution in [0, 0.1) is 11.3 Å². The molecule has 2 aromatic rings. The van der Waals surface area contributed by atoms with Gasteiger partial charge < -0.3 is 19.9 Å². The normalized spacial score (nSPS) is 9.85. The van der Waals surface area contributed by atoms with Gasteiger partial charge in [0.15, 0.2) is 6.61 Å². The topological polar surface area (TPSA) is 109 Å². The second-order valence-corrected chi connectivity index (χ2v) is 5.97. The number of methoxy groups -OCH3 is 1. The molecular formula is C18H16N2O5S. The molecule has 8 heteroatoms. The van der Waals surface area contributed by atoms with Gasteiger partial charge in [0.05, 0.1) is 24.6 Å². The number of rotatable bonds is 7. The molecule has 1 amide bonds. The number of amides is 1. The number of aromatic hydroxyl groups is 1. The Bertz CT molecular complexity index is 848. The predicted molar refractivity (Wildman–Crippen MR) is 96.4 cm³/mol. The number of carbonyl (C=O) groups excluding carboxylic acids is 2. The van der Waals surface area contributed by atoms with E-state index in [1.54, 1.807) is 24.3 Å². The number of carbonyl (C=O) groups is 2. The maximum Gasteiger partial charge on any atom is 0.342 e. The summed E-state index contributed by atoms with van der Waals surface area (Å²) in [5.74, 6) is -1.02. The van der Waals surface area contributed by atoms with Crippen molar-refractivity contribution >= 4 is 29.3 Å². The molecule has 2 rings (SSSR count). The van der Waals surface area contributed by atoms with Gasteiger partial charge >= 0.3 is 5.97 Å². The molecular weight excluding hydrogens is 356 g/mol. The molecule has 0 atom stereocenters. The fourth-order valence-corrected chi connectivity index (χ4v) is 2.68. The zero-order valence-electron chi connectivity index (χ0n) is 13.9. The van der Waals surface area contributed by atoms with Gasteiger partial charge in [0.2, 0.25) is 0 Å². The first-order chi connectivity index (χ1) is 12.5. The van der Waals surface area contributed by atoms with Crippen LogP contribution < -0.4 is 10.1 Å². The average molecular weight is 372 g/mol. The summed E-state index contributed by atoms with van der Waals surface area (Å²) in [7, 11) is 1.43. The molecule has 0 fully saturated rings. The molecule has 0 saturated heterocycles. The summed E-state index contributed by atoms with van der Waals surface area (Å²) in [6, 6.07) is 13.1. The second-order valence-electron chi connectivity index (χ2n) is 4.95. The molecule has 0 spiro atoms. The fraction of sp³-hybridized carbons (Fsp3) is 0.167. The third-order valence-corrected chi connectivity index (χ3v) is 4.15. The van der Waals surface area contributed by atoms with Crippen molar-refractivity contribution in [2.75, 3.05) is 24.8 Å². The third kappa shape index (κ3) is 5.16. The minimum absolute atomic E-state index is 0.0661. The number of nitrogens with zero attached hydrogens (tertiary/aromatic N) is 1. The number of benzene rings is 2. The molecule has 0 aromatic heterocycles. The van der Waals surface area contributed by atoms with Gasteiger partial charge in [-0.1, -0.05) is 12.1 Å². The van der Waals surface area contributed by atoms with Crippen molar-refractivity contribution in [1.82, 2.24) is 0 Å². The lowest BCUT2D eigenvalue weighted by Crippen LogP contribution is -2.21. The molecule has 2 N–H and O–H groups in total. The molecule has 2 aromatic carbocycles. The number of para-hydroxylation sites is 1. The summed E-state index contributed by atoms with van der Waals surface area (Å²) in [5.41, 5.74) is 0.463. The van der Waals surface area contributed by atoms with Crippen molar-refractivity contribution < 1.29 is 24.2 Å². The lowest BCUT2D eigenvalue weighted by molar-refractivity contribution is -0.119. The van der Waals surface area contributed by atoms with Crippen molar-refractivity contribution in [2.24, 2.45) is 0 Å². The summed E-state index contributed by atoms with van der Waals surface area (Å²) in [6.07, 6.45) is 0. The van der Waals surface area contributed by atoms with Crippen LogP contribution in [0.3, 0.4) is 0 Å². The number of ether oxygens (including phenoxy) is 2. The zero-order valence-corrected chi connectivity index (χ0v) is 14.7. The standard InChI is InChI=1S/C18H16N2O5S/c1-24-12-6-7-13(15(21)10-12)18(23)25-11-17(22)20-14-4-2-3-5-16(14)26-9-8-19/h2-7,10,21H,9,11H2,1H3,(H,20,22). The van der Waals surface area contributed by atoms with Crippen LogP contribution in [0.2, 0.25) is 0 Å². The van der Waals surface area contributed by atoms with Crippen LogP contribution in [0.4, 0.5) is 5.69 Å². The van der Waals surface area contributed by atoms with E-state index in [1.807, 2.05) is 6.07 Å². The van der Waals surface area contributed by atoms with Gasteiger partial charge in [-0.15, -0.1) is 11.8 Å². The molecule has 0 radical (unpaired) electrons. The van der Waals surface area contributed by atoms with Gasteiger partial charge in [0.25, 0.3) is 5.91 Å². The molecule has 0 aliphatic carbocycles. The summed E-state index contributed by atoms with van der Waals surface area (Å²) < 4.78 is 9.86. The van der Waals surface area contributed by atoms with Gasteiger partial charge in [-0.3, -0.25) is 4.79 Å². The van der Waals surface area contributed by atoms with Crippen LogP contribution in [0.25, 0.3) is 0 Å². The van der Waals surface area contributed by atoms with Crippen molar-refractivity contribution in [3.63, 3.8) is 0 Å². The van der Waals surface area contributed by atoms with Crippen LogP contribution >= 0.6 is 11.8 Å². The average Bonchev–Trinajstić information content (AvgIpc) is 2.65. The minimum atomic E-state index is -0.826. The molecule has 0 saturated carbocycles. The highest BCUT2D eigenvalue weighted by atomic mass is 32.2. The largest absolute Gasteiger partial charge is 0.507 e. The molecule has 26 heavy (non-hydrogen) atoms. The number of esters is 1. The Balaban J connectivity index is 1.95. The number of nitriles is 1. The van der Waals surface area contributed by atoms with E-state index in [4.69, 9.17) is 14.7 Å². The SMILES string of the molecule is COc1ccc(C(=O)OCC(=O)Nc2ccccc2SCC#N)c(O)c1. The van der Waals surface area contributed by atoms with Crippen LogP contribution in [0.1, 0.15) is 10.4 Å². The lowest BCUT2D eigenvalue weighted by Gasteiger charge is -2.10. The first kappa shape index (κ1) is 19.1. The summed E-state index contributed by atoms with van der Waals surface area (Å²) in [4.78, 5) is 24.7. The van der Waals surface area contributed by atoms with Crippen molar-refractivity contribution in [1.29, 1.82) is 5.26 Å². The van der Waals surface area contributed by atoms with E-state index in [0.29, 0.717) is 11.4 Å². The molecule has 0 aliphatic rings. The zero-order chi connectivity index (χ0) is 18.9. The van der Waals surface area contributed by atoms with Gasteiger partial charge in [0.1, 0.15) is 17.1 Å². The summed E-state index contributed by atoms with van der Waals surface area (Å²) >= 11 is 1.29. The summed E-state index contributed by atoms with van der Waals surface area (Å²) in [5, 5.41) is 21.1. The number of phenolic OH excluding ortho intramolecular Hbond substituents is 1. The van der Waals surface area contributed by atoms with Crippen LogP contribution in [-0.2, 0) is 9.53 Å². The van der Waals surface area contributed by atoms with Crippen LogP contribution in [-0.4, -0.2) is 36.5 Å². The van der Waals surface area contributed by atoms with Crippen molar-refractivity contribution in [3.05, 3.63) is 48.0 Å². The maximum atomic E-state index is 12.0. The van der Waals surface area contributed by atoms with Crippen molar-refractivity contribution in [2.45, 2.75) is 4.90 Å². The first-order valence-corrected chi connectivity index (χ1v) is 8.46. The highest BCUT2D eigenvalue weighted by molar-refractivity contribution is 7.99. The summed E-state index contributed by atoms with van der Waals surface area (Å²) in [6.45, 7) is -0.512. The molecule has 0 unspecified atom stereocenters. The van der Waals surface area contributed by atoms with Gasteiger partial charge in [-0.25, -0.2) is 4.79 Å². The Morgan fingerprint density at radius 2 is 2.04 bits per heavy atom. The molecule has 0 aliphatic heterocycles. The van der Waals surface area contributed by atoms with E-state index < -0.39 is 18.5 Å². The number of hydrogen-bond acceptors (Lipinski definition) is 7. The second kappa shape index (κ2) is 9.34. The Labute approximate surface area is 154 Å². The molecule has 0 bridgehead atoms. The number of hydrogen-bond donors (Lipinski definition) is 2. The predicted octanol–water partition coefficient (Wildman–Crippen LogP) is 2.81. The number of anilines is 1. The van der Waals surface area contributed by atoms with Gasteiger partial charge in [-0.05, 0) is 24.3 Å². The fourth-order valence-electron chi connectivity index (χ4n) is 2.01. The lowest BCUT2D eigenvalue weighted by atomic mass is 10.2. The molecule has 7 nitrogen and oxygen atoms in total. The smallest absolute Gasteiger partial charge is 0.342 e. The maximum absolute atomic E-state index is 12.0. The first-order valence-electron chi connectivity index (χ1n) is 7.48. The Morgan fingerprint density at radius 3 is 2.73 bits per heavy atom. The highest BCUT2D eigenvalue weighted by Crippen LogP contribution is 2.27. The van der Waals surface area contributed by atoms with Gasteiger partial charge in [0, 0.05) is 11.0 Å². The Hall–Kier alpha value is -3.18. The third-order valence-electron chi connectivity index (χ3n) is 3.21. The minimum Gasteiger partial charge on any atom is -0.507 e. The number of nitrogens with one attached hydrogen (secondary N) is 1. The molecule has 0 heterocycles. The van der Waals surface area contributed by atoms with E-state index in [9.17, 15) is 14.7 Å². The van der Waals surface area contributed by atoms with E-state index >= 15 is 0 Å². The highest BCUT2D eigenvalue weighted by Gasteiger charge is 2.15. The quantitative estimate of drug-likeness (QED) is 0.568. The monoisotopic (exact) mass is 372 g/mol. The number of thioether (sulfide) groups is 1. The Kier molecular flexibility index (Phi) is 6.88. The number of phenols is 1. The van der Waals surface area contributed by atoms with Crippen LogP contribution in [0.5, 0.6) is 11.5 Å². The van der Waals surface area contributed by atoms with E-state index in [1.165, 1.54) is 37.1 Å². The molecule has 134 valence electrons. The Morgan fingerprint density at radius 1 is 1.27 bits per heavy atom. The van der Waals surface area contributed by atoms with Crippen molar-refractivity contribution in [3.8, 4) is 17.6 Å². The van der Waals surface area contributed by atoms with E-state index in [-0.39, 0.29) is 17.1 Å².